The summed E-state index contributed by atoms with van der Waals surface area (Å²) in [6.45, 7) is 2.99. The summed E-state index contributed by atoms with van der Waals surface area (Å²) < 4.78 is 31.1. The van der Waals surface area contributed by atoms with Crippen molar-refractivity contribution in [3.63, 3.8) is 0 Å². The quantitative estimate of drug-likeness (QED) is 0.636. The van der Waals surface area contributed by atoms with E-state index in [0.717, 1.165) is 0 Å². The molecule has 1 aromatic carbocycles. The molecule has 1 aliphatic heterocycles. The van der Waals surface area contributed by atoms with Gasteiger partial charge in [0.2, 0.25) is 0 Å². The number of hydrogen-bond donors (Lipinski definition) is 2. The van der Waals surface area contributed by atoms with E-state index in [1.54, 1.807) is 19.1 Å². The lowest BCUT2D eigenvalue weighted by Crippen LogP contribution is -2.48. The van der Waals surface area contributed by atoms with Crippen molar-refractivity contribution in [2.75, 3.05) is 38.6 Å². The van der Waals surface area contributed by atoms with Crippen molar-refractivity contribution in [2.45, 2.75) is 24.7 Å². The third-order valence-corrected chi connectivity index (χ3v) is 6.83. The second-order valence-electron chi connectivity index (χ2n) is 6.82. The second-order valence-corrected chi connectivity index (χ2v) is 8.81. The van der Waals surface area contributed by atoms with E-state index in [2.05, 4.69) is 23.7 Å². The van der Waals surface area contributed by atoms with Gasteiger partial charge in [0, 0.05) is 13.1 Å². The van der Waals surface area contributed by atoms with Crippen LogP contribution in [-0.4, -0.2) is 68.1 Å². The Morgan fingerprint density at radius 1 is 1.17 bits per heavy atom. The molecule has 0 aliphatic carbocycles. The van der Waals surface area contributed by atoms with Crippen LogP contribution >= 0.6 is 0 Å². The fourth-order valence-electron chi connectivity index (χ4n) is 3.16. The van der Waals surface area contributed by atoms with Gasteiger partial charge in [0.15, 0.2) is 9.84 Å². The van der Waals surface area contributed by atoms with Gasteiger partial charge in [-0.1, -0.05) is 17.8 Å². The minimum atomic E-state index is -3.79. The minimum Gasteiger partial charge on any atom is -0.481 e. The van der Waals surface area contributed by atoms with Crippen molar-refractivity contribution >= 4 is 15.8 Å². The number of sulfone groups is 1. The molecule has 0 saturated carbocycles. The van der Waals surface area contributed by atoms with E-state index in [-0.39, 0.29) is 31.0 Å². The molecule has 0 amide bonds. The standard InChI is InChI=1S/C21H25NO6S/c1-2-3-16-28-18-6-8-19(9-7-18)29(26,27)17-21(20(24)25)10-13-22(14-11-21)12-4-5-15-23/h6-9,23H,10-17H2,1H3,(H,24,25). The number of likely N-dealkylation sites (tertiary alicyclic amines) is 1. The molecule has 1 aromatic rings. The molecule has 1 heterocycles. The van der Waals surface area contributed by atoms with Crippen LogP contribution in [0.15, 0.2) is 29.2 Å². The smallest absolute Gasteiger partial charge is 0.310 e. The van der Waals surface area contributed by atoms with Gasteiger partial charge in [0.05, 0.1) is 22.6 Å². The molecular formula is C21H25NO6S. The van der Waals surface area contributed by atoms with E-state index < -0.39 is 27.0 Å². The van der Waals surface area contributed by atoms with E-state index in [1.807, 2.05) is 4.90 Å². The van der Waals surface area contributed by atoms with Gasteiger partial charge in [0.25, 0.3) is 0 Å². The molecule has 0 radical (unpaired) electrons. The maximum atomic E-state index is 12.9. The Bertz CT molecular complexity index is 923. The van der Waals surface area contributed by atoms with Crippen LogP contribution in [0.4, 0.5) is 0 Å². The number of ether oxygens (including phenoxy) is 1. The number of carboxylic acid groups (broad SMARTS) is 1. The zero-order valence-corrected chi connectivity index (χ0v) is 17.2. The Labute approximate surface area is 171 Å². The number of nitrogens with zero attached hydrogens (tertiary/aromatic N) is 1. The highest BCUT2D eigenvalue weighted by atomic mass is 32.2. The summed E-state index contributed by atoms with van der Waals surface area (Å²) in [7, 11) is -3.79. The summed E-state index contributed by atoms with van der Waals surface area (Å²) in [6, 6.07) is 5.94. The van der Waals surface area contributed by atoms with Crippen LogP contribution in [0, 0.1) is 29.1 Å². The lowest BCUT2D eigenvalue weighted by molar-refractivity contribution is -0.150. The van der Waals surface area contributed by atoms with Gasteiger partial charge < -0.3 is 14.9 Å². The molecular weight excluding hydrogens is 394 g/mol. The first-order chi connectivity index (χ1) is 13.8. The number of aliphatic hydroxyl groups is 1. The Kier molecular flexibility index (Phi) is 8.10. The normalized spacial score (nSPS) is 16.1. The first-order valence-electron chi connectivity index (χ1n) is 9.20. The third-order valence-electron chi connectivity index (χ3n) is 4.91. The van der Waals surface area contributed by atoms with E-state index in [9.17, 15) is 18.3 Å². The number of benzene rings is 1. The van der Waals surface area contributed by atoms with E-state index >= 15 is 0 Å². The van der Waals surface area contributed by atoms with Crippen LogP contribution in [0.1, 0.15) is 19.8 Å². The topological polar surface area (TPSA) is 104 Å². The van der Waals surface area contributed by atoms with Crippen LogP contribution in [0.3, 0.4) is 0 Å². The third kappa shape index (κ3) is 6.23. The first kappa shape index (κ1) is 22.8. The fourth-order valence-corrected chi connectivity index (χ4v) is 5.02. The van der Waals surface area contributed by atoms with E-state index in [4.69, 9.17) is 9.84 Å². The Morgan fingerprint density at radius 3 is 2.38 bits per heavy atom. The van der Waals surface area contributed by atoms with Gasteiger partial charge in [-0.2, -0.15) is 0 Å². The molecule has 2 N–H and O–H groups in total. The number of piperidine rings is 1. The molecule has 8 heteroatoms. The summed E-state index contributed by atoms with van der Waals surface area (Å²) in [4.78, 5) is 14.0. The molecule has 0 atom stereocenters. The summed E-state index contributed by atoms with van der Waals surface area (Å²) in [6.07, 6.45) is 0.443. The van der Waals surface area contributed by atoms with Crippen LogP contribution in [0.5, 0.6) is 5.75 Å². The second kappa shape index (κ2) is 10.3. The van der Waals surface area contributed by atoms with Gasteiger partial charge in [-0.25, -0.2) is 8.42 Å². The van der Waals surface area contributed by atoms with Gasteiger partial charge in [0.1, 0.15) is 19.0 Å². The monoisotopic (exact) mass is 419 g/mol. The van der Waals surface area contributed by atoms with Gasteiger partial charge >= 0.3 is 5.97 Å². The Balaban J connectivity index is 2.09. The Morgan fingerprint density at radius 2 is 1.83 bits per heavy atom. The van der Waals surface area contributed by atoms with Crippen molar-refractivity contribution in [3.8, 4) is 29.4 Å². The number of carboxylic acids is 1. The van der Waals surface area contributed by atoms with Crippen molar-refractivity contribution in [2.24, 2.45) is 5.41 Å². The number of rotatable bonds is 7. The average Bonchev–Trinajstić information content (AvgIpc) is 2.70. The summed E-state index contributed by atoms with van der Waals surface area (Å²) in [5.74, 6) is 9.76. The predicted molar refractivity (Wildman–Crippen MR) is 108 cm³/mol. The highest BCUT2D eigenvalue weighted by Gasteiger charge is 2.45. The van der Waals surface area contributed by atoms with E-state index in [1.165, 1.54) is 12.1 Å². The van der Waals surface area contributed by atoms with Crippen molar-refractivity contribution < 1.29 is 28.2 Å². The zero-order valence-electron chi connectivity index (χ0n) is 16.3. The molecule has 0 spiro atoms. The average molecular weight is 419 g/mol. The molecule has 2 rings (SSSR count). The van der Waals surface area contributed by atoms with Crippen LogP contribution < -0.4 is 4.74 Å². The summed E-state index contributed by atoms with van der Waals surface area (Å²) in [5.41, 5.74) is -1.33. The lowest BCUT2D eigenvalue weighted by atomic mass is 9.80. The molecule has 7 nitrogen and oxygen atoms in total. The lowest BCUT2D eigenvalue weighted by Gasteiger charge is -2.37. The van der Waals surface area contributed by atoms with Crippen LogP contribution in [0.25, 0.3) is 0 Å². The van der Waals surface area contributed by atoms with Crippen molar-refractivity contribution in [3.05, 3.63) is 24.3 Å². The number of aliphatic hydroxyl groups excluding tert-OH is 1. The SMILES string of the molecule is CC#CCOc1ccc(S(=O)(=O)CC2(C(=O)O)CCN(CC#CCO)CC2)cc1. The van der Waals surface area contributed by atoms with E-state index in [0.29, 0.717) is 25.4 Å². The maximum Gasteiger partial charge on any atom is 0.310 e. The highest BCUT2D eigenvalue weighted by molar-refractivity contribution is 7.91. The molecule has 0 unspecified atom stereocenters. The summed E-state index contributed by atoms with van der Waals surface area (Å²) >= 11 is 0. The first-order valence-corrected chi connectivity index (χ1v) is 10.9. The zero-order chi connectivity index (χ0) is 21.3. The largest absolute Gasteiger partial charge is 0.481 e. The van der Waals surface area contributed by atoms with Gasteiger partial charge in [-0.15, -0.1) is 5.92 Å². The summed E-state index contributed by atoms with van der Waals surface area (Å²) in [5, 5.41) is 18.5. The number of hydrogen-bond acceptors (Lipinski definition) is 6. The molecule has 0 aromatic heterocycles. The van der Waals surface area contributed by atoms with Gasteiger partial charge in [-0.05, 0) is 44.0 Å². The molecule has 1 aliphatic rings. The molecule has 1 fully saturated rings. The predicted octanol–water partition coefficient (Wildman–Crippen LogP) is 1.02. The van der Waals surface area contributed by atoms with Gasteiger partial charge in [-0.3, -0.25) is 9.69 Å². The van der Waals surface area contributed by atoms with Crippen molar-refractivity contribution in [1.82, 2.24) is 4.90 Å². The van der Waals surface area contributed by atoms with Crippen molar-refractivity contribution in [1.29, 1.82) is 0 Å². The minimum absolute atomic E-state index is 0.0725. The number of aliphatic carboxylic acids is 1. The molecule has 1 saturated heterocycles. The van der Waals surface area contributed by atoms with Crippen LogP contribution in [-0.2, 0) is 14.6 Å². The Hall–Kier alpha value is -2.52. The maximum absolute atomic E-state index is 12.9. The highest BCUT2D eigenvalue weighted by Crippen LogP contribution is 2.35. The molecule has 0 bridgehead atoms. The molecule has 156 valence electrons. The van der Waals surface area contributed by atoms with Crippen LogP contribution in [0.2, 0.25) is 0 Å². The molecule has 29 heavy (non-hydrogen) atoms. The number of carbonyl (C=O) groups is 1. The fraction of sp³-hybridized carbons (Fsp3) is 0.476.